The first-order valence-corrected chi connectivity index (χ1v) is 10.0. The number of benzene rings is 2. The van der Waals surface area contributed by atoms with Gasteiger partial charge in [0.1, 0.15) is 5.82 Å². The second kappa shape index (κ2) is 9.37. The van der Waals surface area contributed by atoms with Crippen LogP contribution >= 0.6 is 23.2 Å². The highest BCUT2D eigenvalue weighted by atomic mass is 35.5. The van der Waals surface area contributed by atoms with Crippen LogP contribution in [-0.4, -0.2) is 48.6 Å². The Morgan fingerprint density at radius 1 is 0.786 bits per heavy atom. The van der Waals surface area contributed by atoms with Gasteiger partial charge in [0, 0.05) is 40.8 Å². The first-order chi connectivity index (χ1) is 13.5. The Kier molecular flexibility index (Phi) is 6.89. The van der Waals surface area contributed by atoms with Gasteiger partial charge in [-0.25, -0.2) is 4.98 Å². The van der Waals surface area contributed by atoms with Gasteiger partial charge in [-0.05, 0) is 45.3 Å². The van der Waals surface area contributed by atoms with Gasteiger partial charge in [-0.3, -0.25) is 4.98 Å². The van der Waals surface area contributed by atoms with E-state index in [4.69, 9.17) is 33.2 Å². The lowest BCUT2D eigenvalue weighted by Gasteiger charge is -2.24. The van der Waals surface area contributed by atoms with Crippen molar-refractivity contribution in [3.8, 4) is 22.5 Å². The standard InChI is InChI=1S/C22H24Cl2N4/c1-4-28(14-13-27(2)3)20-15-25-21(16-5-9-18(23)10-6-16)22(26-20)17-7-11-19(24)12-8-17/h5-12,15H,4,13-14H2,1-3H3. The van der Waals surface area contributed by atoms with Crippen LogP contribution in [0, 0.1) is 0 Å². The van der Waals surface area contributed by atoms with Crippen LogP contribution in [-0.2, 0) is 0 Å². The molecule has 1 aromatic heterocycles. The zero-order valence-corrected chi connectivity index (χ0v) is 17.9. The zero-order chi connectivity index (χ0) is 20.1. The van der Waals surface area contributed by atoms with Crippen molar-refractivity contribution in [2.45, 2.75) is 6.92 Å². The van der Waals surface area contributed by atoms with E-state index in [1.807, 2.05) is 54.7 Å². The van der Waals surface area contributed by atoms with Crippen molar-refractivity contribution in [1.82, 2.24) is 14.9 Å². The predicted octanol–water partition coefficient (Wildman–Crippen LogP) is 5.51. The van der Waals surface area contributed by atoms with Gasteiger partial charge in [0.05, 0.1) is 17.6 Å². The van der Waals surface area contributed by atoms with E-state index in [9.17, 15) is 0 Å². The average Bonchev–Trinajstić information content (AvgIpc) is 2.69. The number of hydrogen-bond acceptors (Lipinski definition) is 4. The number of anilines is 1. The van der Waals surface area contributed by atoms with Crippen LogP contribution in [0.15, 0.2) is 54.7 Å². The first-order valence-electron chi connectivity index (χ1n) is 9.26. The van der Waals surface area contributed by atoms with Crippen molar-refractivity contribution in [2.75, 3.05) is 38.6 Å². The molecule has 3 aromatic rings. The monoisotopic (exact) mass is 414 g/mol. The molecule has 2 aromatic carbocycles. The van der Waals surface area contributed by atoms with Gasteiger partial charge in [-0.2, -0.15) is 0 Å². The maximum atomic E-state index is 6.08. The van der Waals surface area contributed by atoms with Crippen LogP contribution in [0.1, 0.15) is 6.92 Å². The van der Waals surface area contributed by atoms with Crippen molar-refractivity contribution in [3.05, 3.63) is 64.8 Å². The van der Waals surface area contributed by atoms with E-state index in [1.54, 1.807) is 0 Å². The van der Waals surface area contributed by atoms with E-state index in [2.05, 4.69) is 30.8 Å². The summed E-state index contributed by atoms with van der Waals surface area (Å²) in [5.41, 5.74) is 3.61. The lowest BCUT2D eigenvalue weighted by molar-refractivity contribution is 0.413. The third kappa shape index (κ3) is 5.02. The highest BCUT2D eigenvalue weighted by molar-refractivity contribution is 6.31. The number of likely N-dealkylation sites (N-methyl/N-ethyl adjacent to an activating group) is 2. The van der Waals surface area contributed by atoms with Crippen molar-refractivity contribution in [3.63, 3.8) is 0 Å². The Morgan fingerprint density at radius 3 is 1.82 bits per heavy atom. The third-order valence-corrected chi connectivity index (χ3v) is 5.02. The fourth-order valence-electron chi connectivity index (χ4n) is 2.92. The van der Waals surface area contributed by atoms with Crippen LogP contribution in [0.25, 0.3) is 22.5 Å². The minimum atomic E-state index is 0.696. The van der Waals surface area contributed by atoms with E-state index in [0.717, 1.165) is 48.0 Å². The summed E-state index contributed by atoms with van der Waals surface area (Å²) in [4.78, 5) is 14.2. The Balaban J connectivity index is 2.07. The fourth-order valence-corrected chi connectivity index (χ4v) is 3.17. The molecule has 1 heterocycles. The van der Waals surface area contributed by atoms with E-state index in [1.165, 1.54) is 0 Å². The molecule has 0 aliphatic rings. The van der Waals surface area contributed by atoms with Crippen LogP contribution < -0.4 is 4.90 Å². The fraction of sp³-hybridized carbons (Fsp3) is 0.273. The number of hydrogen-bond donors (Lipinski definition) is 0. The lowest BCUT2D eigenvalue weighted by Crippen LogP contribution is -2.32. The number of halogens is 2. The van der Waals surface area contributed by atoms with Crippen LogP contribution in [0.3, 0.4) is 0 Å². The second-order valence-electron chi connectivity index (χ2n) is 6.82. The molecule has 0 fully saturated rings. The summed E-state index contributed by atoms with van der Waals surface area (Å²) in [5.74, 6) is 0.868. The van der Waals surface area contributed by atoms with Gasteiger partial charge in [0.15, 0.2) is 0 Å². The Bertz CT molecular complexity index is 909. The lowest BCUT2D eigenvalue weighted by atomic mass is 10.0. The van der Waals surface area contributed by atoms with Gasteiger partial charge < -0.3 is 9.80 Å². The largest absolute Gasteiger partial charge is 0.354 e. The molecule has 0 spiro atoms. The summed E-state index contributed by atoms with van der Waals surface area (Å²) < 4.78 is 0. The van der Waals surface area contributed by atoms with Crippen LogP contribution in [0.4, 0.5) is 5.82 Å². The molecule has 146 valence electrons. The highest BCUT2D eigenvalue weighted by Gasteiger charge is 2.15. The maximum absolute atomic E-state index is 6.08. The highest BCUT2D eigenvalue weighted by Crippen LogP contribution is 2.31. The van der Waals surface area contributed by atoms with Crippen molar-refractivity contribution >= 4 is 29.0 Å². The molecule has 0 unspecified atom stereocenters. The van der Waals surface area contributed by atoms with Gasteiger partial charge in [-0.1, -0.05) is 47.5 Å². The van der Waals surface area contributed by atoms with E-state index in [0.29, 0.717) is 10.0 Å². The minimum Gasteiger partial charge on any atom is -0.354 e. The van der Waals surface area contributed by atoms with Crippen LogP contribution in [0.5, 0.6) is 0 Å². The molecule has 0 saturated carbocycles. The number of nitrogens with zero attached hydrogens (tertiary/aromatic N) is 4. The SMILES string of the molecule is CCN(CCN(C)C)c1cnc(-c2ccc(Cl)cc2)c(-c2ccc(Cl)cc2)n1. The molecular weight excluding hydrogens is 391 g/mol. The quantitative estimate of drug-likeness (QED) is 0.510. The summed E-state index contributed by atoms with van der Waals surface area (Å²) in [7, 11) is 4.14. The van der Waals surface area contributed by atoms with Gasteiger partial charge in [-0.15, -0.1) is 0 Å². The Morgan fingerprint density at radius 2 is 1.32 bits per heavy atom. The van der Waals surface area contributed by atoms with Gasteiger partial charge in [0.25, 0.3) is 0 Å². The van der Waals surface area contributed by atoms with Crippen molar-refractivity contribution in [2.24, 2.45) is 0 Å². The molecule has 0 radical (unpaired) electrons. The summed E-state index contributed by atoms with van der Waals surface area (Å²) in [6.45, 7) is 4.83. The molecule has 0 atom stereocenters. The van der Waals surface area contributed by atoms with Crippen LogP contribution in [0.2, 0.25) is 10.0 Å². The number of aromatic nitrogens is 2. The van der Waals surface area contributed by atoms with E-state index in [-0.39, 0.29) is 0 Å². The Labute approximate surface area is 176 Å². The smallest absolute Gasteiger partial charge is 0.147 e. The topological polar surface area (TPSA) is 32.3 Å². The normalized spacial score (nSPS) is 11.1. The first kappa shape index (κ1) is 20.6. The minimum absolute atomic E-state index is 0.696. The summed E-state index contributed by atoms with van der Waals surface area (Å²) in [5, 5.41) is 1.39. The molecule has 4 nitrogen and oxygen atoms in total. The second-order valence-corrected chi connectivity index (χ2v) is 7.70. The van der Waals surface area contributed by atoms with Gasteiger partial charge in [0.2, 0.25) is 0 Å². The molecule has 0 bridgehead atoms. The molecule has 0 aliphatic carbocycles. The van der Waals surface area contributed by atoms with Gasteiger partial charge >= 0.3 is 0 Å². The van der Waals surface area contributed by atoms with Crippen molar-refractivity contribution < 1.29 is 0 Å². The van der Waals surface area contributed by atoms with E-state index >= 15 is 0 Å². The van der Waals surface area contributed by atoms with E-state index < -0.39 is 0 Å². The summed E-state index contributed by atoms with van der Waals surface area (Å²) in [6, 6.07) is 15.4. The summed E-state index contributed by atoms with van der Waals surface area (Å²) in [6.07, 6.45) is 1.85. The molecule has 0 saturated heterocycles. The molecule has 0 N–H and O–H groups in total. The number of rotatable bonds is 7. The molecular formula is C22H24Cl2N4. The maximum Gasteiger partial charge on any atom is 0.147 e. The average molecular weight is 415 g/mol. The molecule has 3 rings (SSSR count). The summed E-state index contributed by atoms with van der Waals surface area (Å²) >= 11 is 12.1. The molecule has 28 heavy (non-hydrogen) atoms. The Hall–Kier alpha value is -2.14. The molecule has 6 heteroatoms. The molecule has 0 amide bonds. The third-order valence-electron chi connectivity index (χ3n) is 4.52. The predicted molar refractivity (Wildman–Crippen MR) is 119 cm³/mol. The molecule has 0 aliphatic heterocycles. The zero-order valence-electron chi connectivity index (χ0n) is 16.4. The van der Waals surface area contributed by atoms with Crippen molar-refractivity contribution in [1.29, 1.82) is 0 Å².